The van der Waals surface area contributed by atoms with Crippen LogP contribution in [0.3, 0.4) is 0 Å². The lowest BCUT2D eigenvalue weighted by atomic mass is 10.2. The number of rotatable bonds is 4. The second-order valence-corrected chi connectivity index (χ2v) is 7.52. The minimum atomic E-state index is -0.340. The minimum Gasteiger partial charge on any atom is -0.462 e. The maximum Gasteiger partial charge on any atom is 0.348 e. The van der Waals surface area contributed by atoms with Crippen LogP contribution >= 0.6 is 22.9 Å². The van der Waals surface area contributed by atoms with Crippen LogP contribution in [0.2, 0.25) is 5.02 Å². The van der Waals surface area contributed by atoms with E-state index in [-0.39, 0.29) is 5.97 Å². The van der Waals surface area contributed by atoms with Crippen LogP contribution in [0.25, 0.3) is 15.9 Å². The summed E-state index contributed by atoms with van der Waals surface area (Å²) >= 11 is 7.52. The van der Waals surface area contributed by atoms with Crippen molar-refractivity contribution in [3.63, 3.8) is 0 Å². The Labute approximate surface area is 163 Å². The van der Waals surface area contributed by atoms with Crippen molar-refractivity contribution in [2.45, 2.75) is 34.2 Å². The lowest BCUT2D eigenvalue weighted by molar-refractivity contribution is 0.0531. The molecule has 4 rings (SSSR count). The number of esters is 1. The van der Waals surface area contributed by atoms with E-state index in [1.54, 1.807) is 22.4 Å². The maximum absolute atomic E-state index is 12.2. The van der Waals surface area contributed by atoms with Crippen molar-refractivity contribution in [1.29, 1.82) is 0 Å². The van der Waals surface area contributed by atoms with Crippen LogP contribution in [0.1, 0.15) is 39.4 Å². The van der Waals surface area contributed by atoms with Gasteiger partial charge in [-0.2, -0.15) is 5.10 Å². The molecule has 0 saturated carbocycles. The van der Waals surface area contributed by atoms with E-state index in [1.807, 2.05) is 20.8 Å². The molecule has 0 aromatic carbocycles. The summed E-state index contributed by atoms with van der Waals surface area (Å²) in [7, 11) is 0. The molecule has 27 heavy (non-hydrogen) atoms. The fourth-order valence-corrected chi connectivity index (χ4v) is 4.17. The Kier molecular flexibility index (Phi) is 4.35. The highest BCUT2D eigenvalue weighted by Crippen LogP contribution is 2.32. The summed E-state index contributed by atoms with van der Waals surface area (Å²) in [5, 5.41) is 10.4. The zero-order valence-corrected chi connectivity index (χ0v) is 16.8. The molecule has 0 bridgehead atoms. The predicted molar refractivity (Wildman–Crippen MR) is 103 cm³/mol. The molecule has 0 aliphatic rings. The largest absolute Gasteiger partial charge is 0.462 e. The average Bonchev–Trinajstić information content (AvgIpc) is 3.26. The predicted octanol–water partition coefficient (Wildman–Crippen LogP) is 3.34. The molecule has 140 valence electrons. The molecular formula is C17H17ClN6O2S. The average molecular weight is 405 g/mol. The van der Waals surface area contributed by atoms with Gasteiger partial charge in [-0.15, -0.1) is 16.4 Å². The molecule has 0 N–H and O–H groups in total. The van der Waals surface area contributed by atoms with Crippen LogP contribution in [0, 0.1) is 20.8 Å². The quantitative estimate of drug-likeness (QED) is 0.485. The number of nitrogens with zero attached hydrogens (tertiary/aromatic N) is 6. The van der Waals surface area contributed by atoms with E-state index in [1.165, 1.54) is 11.3 Å². The molecule has 0 radical (unpaired) electrons. The summed E-state index contributed by atoms with van der Waals surface area (Å²) in [6.45, 7) is 8.16. The van der Waals surface area contributed by atoms with Crippen molar-refractivity contribution >= 4 is 44.8 Å². The minimum absolute atomic E-state index is 0.329. The highest BCUT2D eigenvalue weighted by molar-refractivity contribution is 7.20. The van der Waals surface area contributed by atoms with Crippen LogP contribution in [0.4, 0.5) is 0 Å². The topological polar surface area (TPSA) is 87.2 Å². The Morgan fingerprint density at radius 1 is 1.30 bits per heavy atom. The van der Waals surface area contributed by atoms with Crippen molar-refractivity contribution in [3.8, 4) is 0 Å². The molecule has 0 fully saturated rings. The summed E-state index contributed by atoms with van der Waals surface area (Å²) < 4.78 is 8.54. The molecule has 0 aliphatic carbocycles. The molecule has 0 atom stereocenters. The maximum atomic E-state index is 12.2. The summed E-state index contributed by atoms with van der Waals surface area (Å²) in [5.74, 6) is 0.253. The molecule has 0 aliphatic heterocycles. The fourth-order valence-electron chi connectivity index (χ4n) is 3.00. The summed E-state index contributed by atoms with van der Waals surface area (Å²) in [6, 6.07) is 0. The van der Waals surface area contributed by atoms with Crippen molar-refractivity contribution < 1.29 is 9.53 Å². The number of aryl methyl sites for hydroxylation is 2. The highest BCUT2D eigenvalue weighted by Gasteiger charge is 2.21. The van der Waals surface area contributed by atoms with Crippen LogP contribution in [0.15, 0.2) is 6.33 Å². The number of carbonyl (C=O) groups excluding carboxylic acids is 1. The first-order chi connectivity index (χ1) is 12.9. The Bertz CT molecular complexity index is 1190. The van der Waals surface area contributed by atoms with E-state index >= 15 is 0 Å². The standard InChI is InChI=1S/C17H17ClN6O2S/c1-5-26-17(25)14-8(2)12-15-20-11(22-24(15)7-19-16(12)27-14)6-23-10(4)13(18)9(3)21-23/h7H,5-6H2,1-4H3. The first kappa shape index (κ1) is 17.9. The molecular weight excluding hydrogens is 388 g/mol. The molecule has 0 amide bonds. The number of hydrogen-bond donors (Lipinski definition) is 0. The third-order valence-electron chi connectivity index (χ3n) is 4.36. The summed E-state index contributed by atoms with van der Waals surface area (Å²) in [4.78, 5) is 22.5. The molecule has 0 saturated heterocycles. The van der Waals surface area contributed by atoms with E-state index in [4.69, 9.17) is 16.3 Å². The molecule has 10 heteroatoms. The zero-order valence-electron chi connectivity index (χ0n) is 15.3. The first-order valence-corrected chi connectivity index (χ1v) is 9.60. The smallest absolute Gasteiger partial charge is 0.348 e. The number of halogens is 1. The van der Waals surface area contributed by atoms with Gasteiger partial charge in [-0.3, -0.25) is 4.68 Å². The van der Waals surface area contributed by atoms with E-state index in [2.05, 4.69) is 20.2 Å². The molecule has 4 heterocycles. The Balaban J connectivity index is 1.81. The zero-order chi connectivity index (χ0) is 19.3. The fraction of sp³-hybridized carbons (Fsp3) is 0.353. The van der Waals surface area contributed by atoms with Gasteiger partial charge in [-0.25, -0.2) is 19.3 Å². The summed E-state index contributed by atoms with van der Waals surface area (Å²) in [5.41, 5.74) is 3.11. The normalized spacial score (nSPS) is 11.6. The van der Waals surface area contributed by atoms with Gasteiger partial charge in [0, 0.05) is 0 Å². The SMILES string of the molecule is CCOC(=O)c1sc2ncn3nc(Cn4nc(C)c(Cl)c4C)nc3c2c1C. The lowest BCUT2D eigenvalue weighted by Crippen LogP contribution is -2.05. The number of hydrogen-bond acceptors (Lipinski definition) is 7. The van der Waals surface area contributed by atoms with E-state index in [9.17, 15) is 4.79 Å². The molecule has 4 aromatic heterocycles. The molecule has 8 nitrogen and oxygen atoms in total. The van der Waals surface area contributed by atoms with Gasteiger partial charge >= 0.3 is 5.97 Å². The van der Waals surface area contributed by atoms with Gasteiger partial charge in [0.25, 0.3) is 0 Å². The van der Waals surface area contributed by atoms with Gasteiger partial charge in [-0.05, 0) is 33.3 Å². The van der Waals surface area contributed by atoms with Gasteiger partial charge in [0.05, 0.1) is 28.4 Å². The Morgan fingerprint density at radius 2 is 2.07 bits per heavy atom. The second-order valence-electron chi connectivity index (χ2n) is 6.14. The van der Waals surface area contributed by atoms with Crippen LogP contribution < -0.4 is 0 Å². The Hall–Kier alpha value is -2.52. The van der Waals surface area contributed by atoms with Crippen LogP contribution in [0.5, 0.6) is 0 Å². The van der Waals surface area contributed by atoms with Crippen molar-refractivity contribution in [1.82, 2.24) is 29.4 Å². The monoisotopic (exact) mass is 404 g/mol. The van der Waals surface area contributed by atoms with Crippen molar-refractivity contribution in [3.05, 3.63) is 39.0 Å². The second kappa shape index (κ2) is 6.58. The van der Waals surface area contributed by atoms with Crippen LogP contribution in [-0.4, -0.2) is 41.9 Å². The lowest BCUT2D eigenvalue weighted by Gasteiger charge is -1.99. The van der Waals surface area contributed by atoms with Gasteiger partial charge in [-0.1, -0.05) is 11.6 Å². The number of aromatic nitrogens is 6. The third-order valence-corrected chi connectivity index (χ3v) is 6.08. The molecule has 0 unspecified atom stereocenters. The highest BCUT2D eigenvalue weighted by atomic mass is 35.5. The van der Waals surface area contributed by atoms with Crippen LogP contribution in [-0.2, 0) is 11.3 Å². The molecule has 0 spiro atoms. The molecule has 4 aromatic rings. The number of ether oxygens (including phenoxy) is 1. The Morgan fingerprint density at radius 3 is 2.74 bits per heavy atom. The van der Waals surface area contributed by atoms with Gasteiger partial charge in [0.1, 0.15) is 22.6 Å². The summed E-state index contributed by atoms with van der Waals surface area (Å²) in [6.07, 6.45) is 1.60. The van der Waals surface area contributed by atoms with Gasteiger partial charge in [0.15, 0.2) is 11.5 Å². The van der Waals surface area contributed by atoms with Crippen molar-refractivity contribution in [2.24, 2.45) is 0 Å². The number of thiophene rings is 1. The number of carbonyl (C=O) groups is 1. The van der Waals surface area contributed by atoms with Crippen molar-refractivity contribution in [2.75, 3.05) is 6.61 Å². The van der Waals surface area contributed by atoms with E-state index in [0.717, 1.165) is 27.2 Å². The first-order valence-electron chi connectivity index (χ1n) is 8.40. The third kappa shape index (κ3) is 2.87. The number of fused-ring (bicyclic) bond motifs is 3. The van der Waals surface area contributed by atoms with Gasteiger partial charge < -0.3 is 4.74 Å². The van der Waals surface area contributed by atoms with E-state index < -0.39 is 0 Å². The van der Waals surface area contributed by atoms with E-state index in [0.29, 0.717) is 34.5 Å². The van der Waals surface area contributed by atoms with Gasteiger partial charge in [0.2, 0.25) is 0 Å².